The van der Waals surface area contributed by atoms with Crippen molar-refractivity contribution < 1.29 is 15.0 Å². The molecule has 1 fully saturated rings. The summed E-state index contributed by atoms with van der Waals surface area (Å²) in [6.45, 7) is 6.89. The molecule has 0 bridgehead atoms. The third kappa shape index (κ3) is 4.21. The molecule has 28 heavy (non-hydrogen) atoms. The number of hydrogen-bond donors (Lipinski definition) is 3. The Morgan fingerprint density at radius 2 is 1.89 bits per heavy atom. The molecule has 4 N–H and O–H groups in total. The van der Waals surface area contributed by atoms with Crippen LogP contribution in [0.3, 0.4) is 0 Å². The number of aromatic hydroxyl groups is 1. The number of carbonyl (C=O) groups excluding carboxylic acids is 1. The molecular weight excluding hydrogens is 352 g/mol. The van der Waals surface area contributed by atoms with Crippen LogP contribution in [0.25, 0.3) is 0 Å². The van der Waals surface area contributed by atoms with Crippen LogP contribution in [0.1, 0.15) is 65.2 Å². The lowest BCUT2D eigenvalue weighted by Gasteiger charge is -2.33. The quantitative estimate of drug-likeness (QED) is 0.756. The van der Waals surface area contributed by atoms with E-state index in [0.29, 0.717) is 31.1 Å². The molecule has 5 nitrogen and oxygen atoms in total. The third-order valence-electron chi connectivity index (χ3n) is 5.58. The van der Waals surface area contributed by atoms with Gasteiger partial charge >= 0.3 is 0 Å². The number of rotatable bonds is 4. The summed E-state index contributed by atoms with van der Waals surface area (Å²) in [5.74, 6) is 0.107. The van der Waals surface area contributed by atoms with E-state index in [0.717, 1.165) is 24.0 Å². The van der Waals surface area contributed by atoms with E-state index in [-0.39, 0.29) is 17.2 Å². The van der Waals surface area contributed by atoms with Gasteiger partial charge in [-0.3, -0.25) is 4.79 Å². The monoisotopic (exact) mass is 382 g/mol. The molecule has 2 aromatic carbocycles. The van der Waals surface area contributed by atoms with Gasteiger partial charge in [0.15, 0.2) is 0 Å². The summed E-state index contributed by atoms with van der Waals surface area (Å²) >= 11 is 0. The zero-order valence-electron chi connectivity index (χ0n) is 16.9. The number of nitrogens with two attached hydrogens (primary N) is 1. The van der Waals surface area contributed by atoms with E-state index in [1.54, 1.807) is 30.9 Å². The molecule has 0 radical (unpaired) electrons. The van der Waals surface area contributed by atoms with Gasteiger partial charge in [-0.25, -0.2) is 0 Å². The van der Waals surface area contributed by atoms with Crippen molar-refractivity contribution in [3.63, 3.8) is 0 Å². The molecule has 1 heterocycles. The molecule has 5 heteroatoms. The zero-order valence-corrected chi connectivity index (χ0v) is 16.9. The van der Waals surface area contributed by atoms with Crippen LogP contribution in [0.4, 0.5) is 0 Å². The highest BCUT2D eigenvalue weighted by atomic mass is 16.3. The fourth-order valence-electron chi connectivity index (χ4n) is 3.97. The molecule has 1 aliphatic heterocycles. The SMILES string of the molecule is Cc1cc(C(=O)N2CCC(c3cccc(CN)c3)CC2)c(O)c(C(C)(C)O)c1. The fourth-order valence-corrected chi connectivity index (χ4v) is 3.97. The van der Waals surface area contributed by atoms with E-state index >= 15 is 0 Å². The molecule has 150 valence electrons. The van der Waals surface area contributed by atoms with Crippen LogP contribution in [-0.4, -0.2) is 34.1 Å². The summed E-state index contributed by atoms with van der Waals surface area (Å²) in [4.78, 5) is 14.9. The molecule has 1 saturated heterocycles. The minimum Gasteiger partial charge on any atom is -0.507 e. The Morgan fingerprint density at radius 1 is 1.21 bits per heavy atom. The van der Waals surface area contributed by atoms with E-state index in [4.69, 9.17) is 5.73 Å². The Kier molecular flexibility index (Phi) is 5.77. The highest BCUT2D eigenvalue weighted by Crippen LogP contribution is 2.35. The van der Waals surface area contributed by atoms with Crippen LogP contribution in [-0.2, 0) is 12.1 Å². The van der Waals surface area contributed by atoms with Crippen LogP contribution in [0, 0.1) is 6.92 Å². The lowest BCUT2D eigenvalue weighted by Crippen LogP contribution is -2.38. The molecule has 0 saturated carbocycles. The van der Waals surface area contributed by atoms with Gasteiger partial charge in [-0.05, 0) is 68.4 Å². The Hall–Kier alpha value is -2.37. The van der Waals surface area contributed by atoms with E-state index < -0.39 is 5.60 Å². The number of hydrogen-bond acceptors (Lipinski definition) is 4. The lowest BCUT2D eigenvalue weighted by atomic mass is 9.88. The first kappa shape index (κ1) is 20.4. The van der Waals surface area contributed by atoms with Gasteiger partial charge in [0.1, 0.15) is 5.75 Å². The Labute approximate surface area is 166 Å². The summed E-state index contributed by atoms with van der Waals surface area (Å²) in [6.07, 6.45) is 1.76. The minimum absolute atomic E-state index is 0.124. The highest BCUT2D eigenvalue weighted by Gasteiger charge is 2.29. The number of aryl methyl sites for hydroxylation is 1. The Balaban J connectivity index is 1.76. The van der Waals surface area contributed by atoms with E-state index in [1.807, 2.05) is 19.1 Å². The van der Waals surface area contributed by atoms with Gasteiger partial charge in [0, 0.05) is 25.2 Å². The number of amides is 1. The standard InChI is InChI=1S/C23H30N2O3/c1-15-11-19(21(26)20(12-15)23(2,3)28)22(27)25-9-7-17(8-10-25)18-6-4-5-16(13-18)14-24/h4-6,11-13,17,26,28H,7-10,14,24H2,1-3H3. The second kappa shape index (κ2) is 7.94. The van der Waals surface area contributed by atoms with E-state index in [9.17, 15) is 15.0 Å². The Bertz CT molecular complexity index is 863. The van der Waals surface area contributed by atoms with E-state index in [1.165, 1.54) is 5.56 Å². The minimum atomic E-state index is -1.22. The van der Waals surface area contributed by atoms with Crippen molar-refractivity contribution in [2.45, 2.75) is 51.7 Å². The average Bonchev–Trinajstić information content (AvgIpc) is 2.68. The number of phenols is 1. The van der Waals surface area contributed by atoms with Crippen LogP contribution < -0.4 is 5.73 Å². The van der Waals surface area contributed by atoms with Gasteiger partial charge in [-0.15, -0.1) is 0 Å². The first-order valence-electron chi connectivity index (χ1n) is 9.85. The van der Waals surface area contributed by atoms with Gasteiger partial charge in [0.25, 0.3) is 5.91 Å². The molecule has 0 atom stereocenters. The number of aliphatic hydroxyl groups is 1. The van der Waals surface area contributed by atoms with Crippen molar-refractivity contribution in [1.29, 1.82) is 0 Å². The summed E-state index contributed by atoms with van der Waals surface area (Å²) in [7, 11) is 0. The van der Waals surface area contributed by atoms with Gasteiger partial charge in [0.2, 0.25) is 0 Å². The van der Waals surface area contributed by atoms with Crippen molar-refractivity contribution in [2.75, 3.05) is 13.1 Å². The normalized spacial score (nSPS) is 15.7. The molecule has 0 spiro atoms. The summed E-state index contributed by atoms with van der Waals surface area (Å²) < 4.78 is 0. The maximum absolute atomic E-state index is 13.1. The summed E-state index contributed by atoms with van der Waals surface area (Å²) in [5, 5.41) is 20.9. The molecule has 0 aromatic heterocycles. The van der Waals surface area contributed by atoms with Gasteiger partial charge < -0.3 is 20.8 Å². The number of likely N-dealkylation sites (tertiary alicyclic amines) is 1. The molecule has 3 rings (SSSR count). The zero-order chi connectivity index (χ0) is 20.5. The van der Waals surface area contributed by atoms with Crippen molar-refractivity contribution in [3.8, 4) is 5.75 Å². The van der Waals surface area contributed by atoms with Crippen molar-refractivity contribution in [2.24, 2.45) is 5.73 Å². The lowest BCUT2D eigenvalue weighted by molar-refractivity contribution is 0.0696. The summed E-state index contributed by atoms with van der Waals surface area (Å²) in [5.41, 5.74) is 8.42. The number of phenolic OH excluding ortho intramolecular Hbond substituents is 1. The largest absolute Gasteiger partial charge is 0.507 e. The molecule has 1 amide bonds. The predicted molar refractivity (Wildman–Crippen MR) is 110 cm³/mol. The first-order valence-corrected chi connectivity index (χ1v) is 9.85. The van der Waals surface area contributed by atoms with Gasteiger partial charge in [-0.2, -0.15) is 0 Å². The van der Waals surface area contributed by atoms with Crippen LogP contribution in [0.2, 0.25) is 0 Å². The van der Waals surface area contributed by atoms with Crippen molar-refractivity contribution in [3.05, 3.63) is 64.2 Å². The maximum Gasteiger partial charge on any atom is 0.257 e. The molecule has 1 aliphatic rings. The predicted octanol–water partition coefficient (Wildman–Crippen LogP) is 3.41. The topological polar surface area (TPSA) is 86.8 Å². The number of benzene rings is 2. The van der Waals surface area contributed by atoms with Crippen molar-refractivity contribution >= 4 is 5.91 Å². The second-order valence-corrected chi connectivity index (χ2v) is 8.28. The maximum atomic E-state index is 13.1. The molecule has 0 aliphatic carbocycles. The fraction of sp³-hybridized carbons (Fsp3) is 0.435. The van der Waals surface area contributed by atoms with Crippen molar-refractivity contribution in [1.82, 2.24) is 4.90 Å². The second-order valence-electron chi connectivity index (χ2n) is 8.28. The Morgan fingerprint density at radius 3 is 2.50 bits per heavy atom. The number of piperidine rings is 1. The highest BCUT2D eigenvalue weighted by molar-refractivity contribution is 5.97. The van der Waals surface area contributed by atoms with Crippen LogP contribution >= 0.6 is 0 Å². The average molecular weight is 383 g/mol. The first-order chi connectivity index (χ1) is 13.2. The van der Waals surface area contributed by atoms with Crippen LogP contribution in [0.15, 0.2) is 36.4 Å². The molecular formula is C23H30N2O3. The number of carbonyl (C=O) groups is 1. The smallest absolute Gasteiger partial charge is 0.257 e. The number of nitrogens with zero attached hydrogens (tertiary/aromatic N) is 1. The van der Waals surface area contributed by atoms with E-state index in [2.05, 4.69) is 12.1 Å². The molecule has 2 aromatic rings. The van der Waals surface area contributed by atoms with Gasteiger partial charge in [-0.1, -0.05) is 24.3 Å². The van der Waals surface area contributed by atoms with Gasteiger partial charge in [0.05, 0.1) is 11.2 Å². The summed E-state index contributed by atoms with van der Waals surface area (Å²) in [6, 6.07) is 11.8. The third-order valence-corrected chi connectivity index (χ3v) is 5.58. The van der Waals surface area contributed by atoms with Crippen LogP contribution in [0.5, 0.6) is 5.75 Å². The molecule has 0 unspecified atom stereocenters.